The average Bonchev–Trinajstić information content (AvgIpc) is 3.13. The number of carbonyl (C=O) groups excluding carboxylic acids is 1. The summed E-state index contributed by atoms with van der Waals surface area (Å²) >= 11 is 6.10. The highest BCUT2D eigenvalue weighted by Crippen LogP contribution is 2.34. The monoisotopic (exact) mass is 411 g/mol. The lowest BCUT2D eigenvalue weighted by Gasteiger charge is -2.25. The molecule has 0 atom stereocenters. The first-order chi connectivity index (χ1) is 14.1. The number of hydrogen-bond acceptors (Lipinski definition) is 4. The minimum Gasteiger partial charge on any atom is -0.486 e. The molecule has 2 aromatic carbocycles. The summed E-state index contributed by atoms with van der Waals surface area (Å²) in [6.07, 6.45) is 1.61. The third kappa shape index (κ3) is 3.80. The lowest BCUT2D eigenvalue weighted by molar-refractivity contribution is 0.0748. The van der Waals surface area contributed by atoms with E-state index < -0.39 is 0 Å². The number of fused-ring (bicyclic) bond motifs is 1. The van der Waals surface area contributed by atoms with Crippen LogP contribution >= 0.6 is 11.6 Å². The number of rotatable bonds is 5. The normalized spacial score (nSPS) is 12.7. The number of halogens is 1. The summed E-state index contributed by atoms with van der Waals surface area (Å²) in [5.74, 6) is 1.37. The van der Waals surface area contributed by atoms with Gasteiger partial charge >= 0.3 is 0 Å². The molecule has 1 amide bonds. The van der Waals surface area contributed by atoms with Gasteiger partial charge in [0.05, 0.1) is 23.1 Å². The van der Waals surface area contributed by atoms with Crippen LogP contribution in [0.1, 0.15) is 28.5 Å². The van der Waals surface area contributed by atoms with Crippen LogP contribution in [0, 0.1) is 6.92 Å². The third-order valence-corrected chi connectivity index (χ3v) is 5.21. The van der Waals surface area contributed by atoms with Crippen LogP contribution in [0.15, 0.2) is 48.7 Å². The van der Waals surface area contributed by atoms with Gasteiger partial charge in [-0.25, -0.2) is 4.68 Å². The molecule has 1 aliphatic rings. The molecule has 0 spiro atoms. The zero-order valence-electron chi connectivity index (χ0n) is 16.4. The molecule has 0 saturated carbocycles. The van der Waals surface area contributed by atoms with Gasteiger partial charge in [-0.1, -0.05) is 29.8 Å². The maximum absolute atomic E-state index is 13.3. The second-order valence-corrected chi connectivity index (χ2v) is 7.23. The topological polar surface area (TPSA) is 56.6 Å². The SMILES string of the molecule is CCN(Cc1cccc2c1OCCO2)C(=O)c1cnn(-c2cccc(Cl)c2)c1C. The summed E-state index contributed by atoms with van der Waals surface area (Å²) in [4.78, 5) is 15.0. The number of nitrogens with zero attached hydrogens (tertiary/aromatic N) is 3. The van der Waals surface area contributed by atoms with Gasteiger partial charge in [-0.15, -0.1) is 0 Å². The van der Waals surface area contributed by atoms with E-state index in [-0.39, 0.29) is 5.91 Å². The summed E-state index contributed by atoms with van der Waals surface area (Å²) in [5, 5.41) is 5.03. The highest BCUT2D eigenvalue weighted by atomic mass is 35.5. The fourth-order valence-corrected chi connectivity index (χ4v) is 3.63. The van der Waals surface area contributed by atoms with Gasteiger partial charge in [-0.05, 0) is 38.1 Å². The van der Waals surface area contributed by atoms with Gasteiger partial charge in [0.15, 0.2) is 11.5 Å². The van der Waals surface area contributed by atoms with Crippen molar-refractivity contribution in [2.75, 3.05) is 19.8 Å². The predicted octanol–water partition coefficient (Wildman–Crippen LogP) is 4.27. The fraction of sp³-hybridized carbons (Fsp3) is 0.273. The van der Waals surface area contributed by atoms with Gasteiger partial charge in [0, 0.05) is 23.7 Å². The molecule has 3 aromatic rings. The molecular weight excluding hydrogens is 390 g/mol. The minimum atomic E-state index is -0.0763. The first-order valence-corrected chi connectivity index (χ1v) is 9.93. The van der Waals surface area contributed by atoms with Crippen molar-refractivity contribution in [1.29, 1.82) is 0 Å². The maximum Gasteiger partial charge on any atom is 0.257 e. The Balaban J connectivity index is 1.60. The molecular formula is C22H22ClN3O3. The van der Waals surface area contributed by atoms with Crippen LogP contribution in [0.5, 0.6) is 11.5 Å². The van der Waals surface area contributed by atoms with Crippen molar-refractivity contribution in [1.82, 2.24) is 14.7 Å². The maximum atomic E-state index is 13.3. The van der Waals surface area contributed by atoms with Crippen LogP contribution in [0.4, 0.5) is 0 Å². The van der Waals surface area contributed by atoms with Crippen molar-refractivity contribution >= 4 is 17.5 Å². The zero-order chi connectivity index (χ0) is 20.4. The molecule has 6 nitrogen and oxygen atoms in total. The molecule has 1 aliphatic heterocycles. The van der Waals surface area contributed by atoms with Crippen LogP contribution in [0.3, 0.4) is 0 Å². The summed E-state index contributed by atoms with van der Waals surface area (Å²) in [6, 6.07) is 13.2. The van der Waals surface area contributed by atoms with Crippen LogP contribution in [-0.4, -0.2) is 40.3 Å². The van der Waals surface area contributed by atoms with E-state index in [9.17, 15) is 4.79 Å². The van der Waals surface area contributed by atoms with Crippen LogP contribution < -0.4 is 9.47 Å². The van der Waals surface area contributed by atoms with Gasteiger partial charge in [0.1, 0.15) is 13.2 Å². The molecule has 150 valence electrons. The van der Waals surface area contributed by atoms with E-state index >= 15 is 0 Å². The van der Waals surface area contributed by atoms with E-state index in [2.05, 4.69) is 5.10 Å². The first-order valence-electron chi connectivity index (χ1n) is 9.55. The van der Waals surface area contributed by atoms with Crippen molar-refractivity contribution in [2.24, 2.45) is 0 Å². The summed E-state index contributed by atoms with van der Waals surface area (Å²) in [6.45, 7) is 5.89. The van der Waals surface area contributed by atoms with Crippen molar-refractivity contribution in [2.45, 2.75) is 20.4 Å². The number of aromatic nitrogens is 2. The Bertz CT molecular complexity index is 1050. The van der Waals surface area contributed by atoms with Crippen LogP contribution in [-0.2, 0) is 6.54 Å². The third-order valence-electron chi connectivity index (χ3n) is 4.97. The second-order valence-electron chi connectivity index (χ2n) is 6.80. The quantitative estimate of drug-likeness (QED) is 0.629. The van der Waals surface area contributed by atoms with E-state index in [1.54, 1.807) is 21.8 Å². The Labute approximate surface area is 174 Å². The Morgan fingerprint density at radius 3 is 2.79 bits per heavy atom. The number of amides is 1. The lowest BCUT2D eigenvalue weighted by atomic mass is 10.1. The van der Waals surface area contributed by atoms with E-state index in [1.165, 1.54) is 0 Å². The van der Waals surface area contributed by atoms with Crippen molar-refractivity contribution in [3.63, 3.8) is 0 Å². The highest BCUT2D eigenvalue weighted by molar-refractivity contribution is 6.30. The molecule has 1 aromatic heterocycles. The fourth-order valence-electron chi connectivity index (χ4n) is 3.45. The summed E-state index contributed by atoms with van der Waals surface area (Å²) in [7, 11) is 0. The summed E-state index contributed by atoms with van der Waals surface area (Å²) in [5.41, 5.74) is 3.08. The lowest BCUT2D eigenvalue weighted by Crippen LogP contribution is -2.31. The van der Waals surface area contributed by atoms with E-state index in [0.29, 0.717) is 36.9 Å². The molecule has 0 fully saturated rings. The zero-order valence-corrected chi connectivity index (χ0v) is 17.1. The summed E-state index contributed by atoms with van der Waals surface area (Å²) < 4.78 is 13.2. The number of ether oxygens (including phenoxy) is 2. The van der Waals surface area contributed by atoms with E-state index in [4.69, 9.17) is 21.1 Å². The highest BCUT2D eigenvalue weighted by Gasteiger charge is 2.23. The molecule has 0 bridgehead atoms. The molecule has 0 unspecified atom stereocenters. The van der Waals surface area contributed by atoms with Crippen molar-refractivity contribution < 1.29 is 14.3 Å². The Hall–Kier alpha value is -2.99. The molecule has 4 rings (SSSR count). The van der Waals surface area contributed by atoms with Gasteiger partial charge in [0.25, 0.3) is 5.91 Å². The van der Waals surface area contributed by atoms with Gasteiger partial charge in [-0.2, -0.15) is 5.10 Å². The molecule has 0 radical (unpaired) electrons. The molecule has 7 heteroatoms. The number of hydrogen-bond donors (Lipinski definition) is 0. The van der Waals surface area contributed by atoms with Crippen molar-refractivity contribution in [3.05, 3.63) is 70.5 Å². The Morgan fingerprint density at radius 1 is 1.21 bits per heavy atom. The van der Waals surface area contributed by atoms with Crippen LogP contribution in [0.25, 0.3) is 5.69 Å². The standard InChI is InChI=1S/C22H22ClN3O3/c1-3-25(14-16-6-4-9-20-21(16)29-11-10-28-20)22(27)19-13-24-26(15(19)2)18-8-5-7-17(23)12-18/h4-9,12-13H,3,10-11,14H2,1-2H3. The Morgan fingerprint density at radius 2 is 2.00 bits per heavy atom. The largest absolute Gasteiger partial charge is 0.486 e. The Kier molecular flexibility index (Phi) is 5.45. The van der Waals surface area contributed by atoms with Crippen molar-refractivity contribution in [3.8, 4) is 17.2 Å². The molecule has 0 aliphatic carbocycles. The number of carbonyl (C=O) groups is 1. The average molecular weight is 412 g/mol. The smallest absolute Gasteiger partial charge is 0.257 e. The van der Waals surface area contributed by atoms with Gasteiger partial charge in [-0.3, -0.25) is 4.79 Å². The first kappa shape index (κ1) is 19.3. The van der Waals surface area contributed by atoms with Gasteiger partial charge < -0.3 is 14.4 Å². The van der Waals surface area contributed by atoms with Crippen LogP contribution in [0.2, 0.25) is 5.02 Å². The molecule has 29 heavy (non-hydrogen) atoms. The number of para-hydroxylation sites is 1. The second kappa shape index (κ2) is 8.17. The van der Waals surface area contributed by atoms with E-state index in [1.807, 2.05) is 50.2 Å². The number of benzene rings is 2. The van der Waals surface area contributed by atoms with E-state index in [0.717, 1.165) is 28.4 Å². The molecule has 0 N–H and O–H groups in total. The molecule has 0 saturated heterocycles. The minimum absolute atomic E-state index is 0.0763. The van der Waals surface area contributed by atoms with Gasteiger partial charge in [0.2, 0.25) is 0 Å². The molecule has 2 heterocycles. The predicted molar refractivity (Wildman–Crippen MR) is 111 cm³/mol.